The number of ether oxygens (including phenoxy) is 1. The van der Waals surface area contributed by atoms with Crippen LogP contribution in [-0.4, -0.2) is 38.1 Å². The Hall–Kier alpha value is -1.07. The highest BCUT2D eigenvalue weighted by atomic mass is 79.9. The Morgan fingerprint density at radius 1 is 1.45 bits per heavy atom. The molecule has 1 aromatic rings. The van der Waals surface area contributed by atoms with E-state index in [-0.39, 0.29) is 18.6 Å². The molecule has 0 radical (unpaired) electrons. The lowest BCUT2D eigenvalue weighted by Gasteiger charge is -2.19. The molecule has 0 aromatic heterocycles. The third-order valence-corrected chi connectivity index (χ3v) is 3.48. The molecule has 0 heterocycles. The fourth-order valence-corrected chi connectivity index (χ4v) is 2.11. The first kappa shape index (κ1) is 17.0. The van der Waals surface area contributed by atoms with Crippen LogP contribution in [0.15, 0.2) is 22.7 Å². The molecule has 0 spiro atoms. The second-order valence-corrected chi connectivity index (χ2v) is 5.85. The van der Waals surface area contributed by atoms with Gasteiger partial charge in [0.2, 0.25) is 0 Å². The Balaban J connectivity index is 2.81. The van der Waals surface area contributed by atoms with Crippen molar-refractivity contribution in [2.24, 2.45) is 0 Å². The summed E-state index contributed by atoms with van der Waals surface area (Å²) in [6.07, 6.45) is 1.08. The van der Waals surface area contributed by atoms with Gasteiger partial charge in [-0.15, -0.1) is 0 Å². The van der Waals surface area contributed by atoms with Crippen LogP contribution in [0.2, 0.25) is 0 Å². The number of likely N-dealkylation sites (N-methyl/N-ethyl adjacent to an activating group) is 1. The molecule has 112 valence electrons. The number of rotatable bonds is 7. The van der Waals surface area contributed by atoms with E-state index in [1.54, 1.807) is 14.1 Å². The minimum atomic E-state index is -0.0481. The minimum absolute atomic E-state index is 0.0481. The van der Waals surface area contributed by atoms with Crippen LogP contribution in [0.1, 0.15) is 31.9 Å². The van der Waals surface area contributed by atoms with Gasteiger partial charge in [0.1, 0.15) is 5.75 Å². The number of carbonyl (C=O) groups is 1. The highest BCUT2D eigenvalue weighted by Gasteiger charge is 2.13. The van der Waals surface area contributed by atoms with E-state index in [4.69, 9.17) is 4.74 Å². The van der Waals surface area contributed by atoms with Crippen LogP contribution in [0.4, 0.5) is 0 Å². The topological polar surface area (TPSA) is 41.6 Å². The number of hydrogen-bond donors (Lipinski definition) is 1. The fraction of sp³-hybridized carbons (Fsp3) is 0.533. The molecule has 5 heteroatoms. The van der Waals surface area contributed by atoms with Crippen molar-refractivity contribution in [2.45, 2.75) is 26.3 Å². The van der Waals surface area contributed by atoms with Crippen molar-refractivity contribution in [1.29, 1.82) is 0 Å². The van der Waals surface area contributed by atoms with Gasteiger partial charge in [0.25, 0.3) is 5.91 Å². The molecular weight excluding hydrogens is 320 g/mol. The predicted octanol–water partition coefficient (Wildman–Crippen LogP) is 2.98. The lowest BCUT2D eigenvalue weighted by Crippen LogP contribution is -2.28. The van der Waals surface area contributed by atoms with E-state index in [1.807, 2.05) is 18.2 Å². The summed E-state index contributed by atoms with van der Waals surface area (Å²) in [4.78, 5) is 13.1. The molecule has 20 heavy (non-hydrogen) atoms. The Bertz CT molecular complexity index is 449. The average Bonchev–Trinajstić information content (AvgIpc) is 2.42. The quantitative estimate of drug-likeness (QED) is 0.828. The van der Waals surface area contributed by atoms with E-state index in [2.05, 4.69) is 35.1 Å². The van der Waals surface area contributed by atoms with Crippen molar-refractivity contribution in [2.75, 3.05) is 27.2 Å². The number of carbonyl (C=O) groups excluding carboxylic acids is 1. The zero-order valence-electron chi connectivity index (χ0n) is 12.6. The van der Waals surface area contributed by atoms with Gasteiger partial charge in [-0.2, -0.15) is 0 Å². The van der Waals surface area contributed by atoms with Crippen LogP contribution in [0.3, 0.4) is 0 Å². The Morgan fingerprint density at radius 3 is 2.75 bits per heavy atom. The van der Waals surface area contributed by atoms with Gasteiger partial charge in [-0.05, 0) is 38.1 Å². The molecular formula is C15H23BrN2O2. The molecule has 0 saturated heterocycles. The zero-order chi connectivity index (χ0) is 15.1. The standard InChI is InChI=1S/C15H23BrN2O2/c1-5-8-17-11(2)13-9-12(16)6-7-14(13)20-10-15(19)18(3)4/h6-7,9,11,17H,5,8,10H2,1-4H3. The first-order valence-electron chi connectivity index (χ1n) is 6.81. The molecule has 4 nitrogen and oxygen atoms in total. The highest BCUT2D eigenvalue weighted by molar-refractivity contribution is 9.10. The van der Waals surface area contributed by atoms with E-state index >= 15 is 0 Å². The van der Waals surface area contributed by atoms with Crippen LogP contribution >= 0.6 is 15.9 Å². The van der Waals surface area contributed by atoms with Gasteiger partial charge in [-0.1, -0.05) is 22.9 Å². The number of nitrogens with zero attached hydrogens (tertiary/aromatic N) is 1. The lowest BCUT2D eigenvalue weighted by atomic mass is 10.1. The van der Waals surface area contributed by atoms with E-state index in [9.17, 15) is 4.79 Å². The zero-order valence-corrected chi connectivity index (χ0v) is 14.2. The van der Waals surface area contributed by atoms with E-state index < -0.39 is 0 Å². The lowest BCUT2D eigenvalue weighted by molar-refractivity contribution is -0.130. The van der Waals surface area contributed by atoms with E-state index in [0.717, 1.165) is 28.8 Å². The SMILES string of the molecule is CCCNC(C)c1cc(Br)ccc1OCC(=O)N(C)C. The summed E-state index contributed by atoms with van der Waals surface area (Å²) in [6, 6.07) is 6.03. The third-order valence-electron chi connectivity index (χ3n) is 2.99. The predicted molar refractivity (Wildman–Crippen MR) is 85.0 cm³/mol. The molecule has 1 unspecified atom stereocenters. The van der Waals surface area contributed by atoms with Crippen molar-refractivity contribution < 1.29 is 9.53 Å². The maximum atomic E-state index is 11.6. The average molecular weight is 343 g/mol. The van der Waals surface area contributed by atoms with Crippen LogP contribution in [0.25, 0.3) is 0 Å². The van der Waals surface area contributed by atoms with Crippen molar-refractivity contribution in [3.8, 4) is 5.75 Å². The highest BCUT2D eigenvalue weighted by Crippen LogP contribution is 2.28. The summed E-state index contributed by atoms with van der Waals surface area (Å²) in [7, 11) is 3.44. The van der Waals surface area contributed by atoms with Crippen LogP contribution in [0, 0.1) is 0 Å². The van der Waals surface area contributed by atoms with Gasteiger partial charge < -0.3 is 15.0 Å². The maximum Gasteiger partial charge on any atom is 0.259 e. The van der Waals surface area contributed by atoms with Crippen molar-refractivity contribution in [3.63, 3.8) is 0 Å². The Labute approximate surface area is 129 Å². The summed E-state index contributed by atoms with van der Waals surface area (Å²) in [5, 5.41) is 3.43. The van der Waals surface area contributed by atoms with Crippen LogP contribution < -0.4 is 10.1 Å². The largest absolute Gasteiger partial charge is 0.483 e. The molecule has 0 aliphatic heterocycles. The van der Waals surface area contributed by atoms with E-state index in [0.29, 0.717) is 0 Å². The summed E-state index contributed by atoms with van der Waals surface area (Å²) in [6.45, 7) is 5.23. The molecule has 1 rings (SSSR count). The first-order valence-corrected chi connectivity index (χ1v) is 7.60. The van der Waals surface area contributed by atoms with Gasteiger partial charge in [-0.3, -0.25) is 4.79 Å². The Kier molecular flexibility index (Phi) is 7.02. The number of hydrogen-bond acceptors (Lipinski definition) is 3. The molecule has 1 atom stereocenters. The second-order valence-electron chi connectivity index (χ2n) is 4.93. The summed E-state index contributed by atoms with van der Waals surface area (Å²) in [5.41, 5.74) is 1.05. The molecule has 1 amide bonds. The molecule has 0 saturated carbocycles. The normalized spacial score (nSPS) is 12.1. The fourth-order valence-electron chi connectivity index (χ4n) is 1.73. The van der Waals surface area contributed by atoms with Gasteiger partial charge in [0, 0.05) is 30.2 Å². The van der Waals surface area contributed by atoms with Crippen LogP contribution in [-0.2, 0) is 4.79 Å². The number of halogens is 1. The summed E-state index contributed by atoms with van der Waals surface area (Å²) < 4.78 is 6.67. The molecule has 1 N–H and O–H groups in total. The monoisotopic (exact) mass is 342 g/mol. The van der Waals surface area contributed by atoms with Gasteiger partial charge in [0.15, 0.2) is 6.61 Å². The molecule has 0 aliphatic carbocycles. The van der Waals surface area contributed by atoms with Crippen molar-refractivity contribution in [3.05, 3.63) is 28.2 Å². The maximum absolute atomic E-state index is 11.6. The molecule has 0 bridgehead atoms. The van der Waals surface area contributed by atoms with Crippen molar-refractivity contribution in [1.82, 2.24) is 10.2 Å². The number of benzene rings is 1. The summed E-state index contributed by atoms with van der Waals surface area (Å²) in [5.74, 6) is 0.701. The molecule has 1 aromatic carbocycles. The smallest absolute Gasteiger partial charge is 0.259 e. The molecule has 0 aliphatic rings. The first-order chi connectivity index (χ1) is 9.45. The second kappa shape index (κ2) is 8.27. The number of nitrogens with one attached hydrogen (secondary N) is 1. The van der Waals surface area contributed by atoms with Gasteiger partial charge in [-0.25, -0.2) is 0 Å². The Morgan fingerprint density at radius 2 is 2.15 bits per heavy atom. The molecule has 0 fully saturated rings. The minimum Gasteiger partial charge on any atom is -0.483 e. The van der Waals surface area contributed by atoms with E-state index in [1.165, 1.54) is 4.90 Å². The third kappa shape index (κ3) is 5.13. The summed E-state index contributed by atoms with van der Waals surface area (Å²) >= 11 is 3.48. The van der Waals surface area contributed by atoms with Gasteiger partial charge >= 0.3 is 0 Å². The van der Waals surface area contributed by atoms with Crippen molar-refractivity contribution >= 4 is 21.8 Å². The van der Waals surface area contributed by atoms with Crippen LogP contribution in [0.5, 0.6) is 5.75 Å². The van der Waals surface area contributed by atoms with Gasteiger partial charge in [0.05, 0.1) is 0 Å². The number of amides is 1.